The topological polar surface area (TPSA) is 64.3 Å². The molecule has 0 bridgehead atoms. The molecule has 1 atom stereocenters. The van der Waals surface area contributed by atoms with Crippen LogP contribution in [0.3, 0.4) is 0 Å². The van der Waals surface area contributed by atoms with Crippen LogP contribution < -0.4 is 10.0 Å². The predicted octanol–water partition coefficient (Wildman–Crippen LogP) is 1.61. The molecule has 0 aliphatic heterocycles. The number of anilines is 1. The molecule has 0 aliphatic carbocycles. The Morgan fingerprint density at radius 1 is 1.70 bits per heavy atom. The van der Waals surface area contributed by atoms with Crippen LogP contribution in [-0.2, 0) is 0 Å². The molecule has 103 valence electrons. The minimum absolute atomic E-state index is 0.00264. The third kappa shape index (κ3) is 3.45. The lowest BCUT2D eigenvalue weighted by molar-refractivity contribution is 0.189. The predicted molar refractivity (Wildman–Crippen MR) is 83.5 cm³/mol. The molecule has 2 aromatic heterocycles. The Hall–Kier alpha value is -1.24. The molecule has 2 rings (SSSR count). The molecule has 0 unspecified atom stereocenters. The van der Waals surface area contributed by atoms with Crippen LogP contribution in [-0.4, -0.2) is 47.0 Å². The van der Waals surface area contributed by atoms with Gasteiger partial charge >= 0.3 is 6.01 Å². The average Bonchev–Trinajstić information content (AvgIpc) is 2.80. The largest absolute Gasteiger partial charge is 0.459 e. The van der Waals surface area contributed by atoms with E-state index in [1.807, 2.05) is 6.92 Å². The summed E-state index contributed by atoms with van der Waals surface area (Å²) in [7, 11) is 6.76. The van der Waals surface area contributed by atoms with Gasteiger partial charge in [0.05, 0.1) is 19.5 Å². The Balaban J connectivity index is 2.40. The fourth-order valence-electron chi connectivity index (χ4n) is 1.76. The van der Waals surface area contributed by atoms with Gasteiger partial charge in [0.1, 0.15) is 4.60 Å². The fourth-order valence-corrected chi connectivity index (χ4v) is 2.11. The number of fused-ring (bicyclic) bond motifs is 1. The number of imidazole rings is 1. The van der Waals surface area contributed by atoms with E-state index in [1.165, 1.54) is 7.17 Å². The summed E-state index contributed by atoms with van der Waals surface area (Å²) in [6, 6.07) is 0.214. The second-order valence-corrected chi connectivity index (χ2v) is 5.14. The summed E-state index contributed by atoms with van der Waals surface area (Å²) >= 11 is 3.36. The van der Waals surface area contributed by atoms with Crippen LogP contribution in [0.5, 0.6) is 6.01 Å². The smallest absolute Gasteiger partial charge is 0.336 e. The SMILES string of the molecule is [2H]N(C[B][B])c1nc(O[C@@H](C)CCC)nn2c(Br)cnc12. The zero-order valence-corrected chi connectivity index (χ0v) is 13.0. The summed E-state index contributed by atoms with van der Waals surface area (Å²) in [6.07, 6.45) is 3.75. The summed E-state index contributed by atoms with van der Waals surface area (Å²) in [5.74, 6) is 0.344. The van der Waals surface area contributed by atoms with Gasteiger partial charge in [-0.15, -0.1) is 5.10 Å². The van der Waals surface area contributed by atoms with Crippen molar-refractivity contribution in [3.8, 4) is 6.01 Å². The zero-order chi connectivity index (χ0) is 15.4. The van der Waals surface area contributed by atoms with E-state index in [0.717, 1.165) is 18.2 Å². The van der Waals surface area contributed by atoms with Crippen molar-refractivity contribution in [3.05, 3.63) is 10.8 Å². The molecular formula is C11H15B2BrN5O. The first-order chi connectivity index (χ1) is 10.1. The van der Waals surface area contributed by atoms with Gasteiger partial charge in [0, 0.05) is 7.74 Å². The van der Waals surface area contributed by atoms with Crippen LogP contribution in [0, 0.1) is 0 Å². The molecule has 20 heavy (non-hydrogen) atoms. The van der Waals surface area contributed by atoms with Gasteiger partial charge in [-0.3, -0.25) is 0 Å². The molecule has 0 aromatic carbocycles. The van der Waals surface area contributed by atoms with Crippen LogP contribution >= 0.6 is 15.9 Å². The molecule has 0 saturated carbocycles. The van der Waals surface area contributed by atoms with Crippen LogP contribution in [0.1, 0.15) is 26.7 Å². The molecule has 0 spiro atoms. The quantitative estimate of drug-likeness (QED) is 0.779. The Bertz CT molecular complexity index is 614. The standard InChI is InChI=1S/C11H15B2BrN5O/c1-3-4-7(2)20-11-17-9(16-6-13-12)10-15-5-8(14)19(10)18-11/h5,7H,3-4,6H2,1-2H3,(H,16,17,18)/t7-/m0/s1/i/hD. The van der Waals surface area contributed by atoms with E-state index in [2.05, 4.69) is 37.9 Å². The van der Waals surface area contributed by atoms with Crippen LogP contribution in [0.4, 0.5) is 5.82 Å². The monoisotopic (exact) mass is 335 g/mol. The number of aromatic nitrogens is 4. The highest BCUT2D eigenvalue weighted by molar-refractivity contribution is 9.10. The molecular weight excluding hydrogens is 320 g/mol. The van der Waals surface area contributed by atoms with Crippen LogP contribution in [0.15, 0.2) is 10.8 Å². The van der Waals surface area contributed by atoms with E-state index < -0.39 is 0 Å². The second-order valence-electron chi connectivity index (χ2n) is 4.33. The Kier molecular flexibility index (Phi) is 4.78. The second kappa shape index (κ2) is 6.97. The maximum atomic E-state index is 7.97. The minimum atomic E-state index is 0.00264. The Morgan fingerprint density at radius 2 is 2.50 bits per heavy atom. The van der Waals surface area contributed by atoms with E-state index in [1.54, 1.807) is 10.7 Å². The summed E-state index contributed by atoms with van der Waals surface area (Å²) in [4.78, 5) is 8.48. The van der Waals surface area contributed by atoms with E-state index in [9.17, 15) is 0 Å². The number of ether oxygens (including phenoxy) is 1. The Labute approximate surface area is 129 Å². The van der Waals surface area contributed by atoms with Gasteiger partial charge in [-0.05, 0) is 35.7 Å². The molecule has 0 aliphatic rings. The summed E-state index contributed by atoms with van der Waals surface area (Å²) in [5, 5.41) is 5.43. The first kappa shape index (κ1) is 13.7. The lowest BCUT2D eigenvalue weighted by atomic mass is 9.56. The van der Waals surface area contributed by atoms with Crippen molar-refractivity contribution in [2.24, 2.45) is 0 Å². The van der Waals surface area contributed by atoms with E-state index in [-0.39, 0.29) is 18.6 Å². The molecule has 6 nitrogen and oxygen atoms in total. The highest BCUT2D eigenvalue weighted by Gasteiger charge is 2.14. The lowest BCUT2D eigenvalue weighted by Gasteiger charge is -2.13. The van der Waals surface area contributed by atoms with Crippen LogP contribution in [0.25, 0.3) is 5.65 Å². The number of hydrogen-bond donors (Lipinski definition) is 1. The van der Waals surface area contributed by atoms with Gasteiger partial charge < -0.3 is 10.0 Å². The molecule has 0 fully saturated rings. The number of halogens is 1. The molecule has 2 heterocycles. The molecule has 9 heteroatoms. The van der Waals surface area contributed by atoms with Gasteiger partial charge in [0.15, 0.2) is 12.9 Å². The lowest BCUT2D eigenvalue weighted by Crippen LogP contribution is -2.17. The first-order valence-corrected chi connectivity index (χ1v) is 7.23. The number of hydrogen-bond acceptors (Lipinski definition) is 5. The van der Waals surface area contributed by atoms with Crippen molar-refractivity contribution < 1.29 is 6.15 Å². The normalized spacial score (nSPS) is 13.1. The third-order valence-electron chi connectivity index (χ3n) is 2.63. The van der Waals surface area contributed by atoms with E-state index in [4.69, 9.17) is 13.9 Å². The number of nitrogens with one attached hydrogen (secondary N) is 1. The maximum Gasteiger partial charge on any atom is 0.336 e. The average molecular weight is 336 g/mol. The Morgan fingerprint density at radius 3 is 3.20 bits per heavy atom. The molecule has 0 saturated heterocycles. The van der Waals surface area contributed by atoms with Gasteiger partial charge in [0.2, 0.25) is 0 Å². The highest BCUT2D eigenvalue weighted by atomic mass is 79.9. The fraction of sp³-hybridized carbons (Fsp3) is 0.545. The number of nitrogens with zero attached hydrogens (tertiary/aromatic N) is 4. The summed E-state index contributed by atoms with van der Waals surface area (Å²) in [5.41, 5.74) is 0.467. The van der Waals surface area contributed by atoms with E-state index in [0.29, 0.717) is 16.1 Å². The summed E-state index contributed by atoms with van der Waals surface area (Å²) < 4.78 is 15.9. The van der Waals surface area contributed by atoms with Crippen molar-refractivity contribution in [1.82, 2.24) is 19.6 Å². The minimum Gasteiger partial charge on any atom is -0.459 e. The number of rotatable bonds is 7. The zero-order valence-electron chi connectivity index (χ0n) is 12.5. The highest BCUT2D eigenvalue weighted by Crippen LogP contribution is 2.20. The third-order valence-corrected chi connectivity index (χ3v) is 3.17. The van der Waals surface area contributed by atoms with Crippen LogP contribution in [0.2, 0.25) is 1.41 Å². The van der Waals surface area contributed by atoms with Crippen molar-refractivity contribution in [3.63, 3.8) is 0 Å². The van der Waals surface area contributed by atoms with Crippen molar-refractivity contribution >= 4 is 42.3 Å². The first-order valence-electron chi connectivity index (χ1n) is 6.89. The molecule has 2 aromatic rings. The molecule has 3 radical (unpaired) electrons. The van der Waals surface area contributed by atoms with E-state index >= 15 is 0 Å². The maximum absolute atomic E-state index is 7.97. The van der Waals surface area contributed by atoms with Crippen molar-refractivity contribution in [1.29, 1.82) is 0 Å². The molecule has 0 amide bonds. The molecule has 1 N–H and O–H groups in total. The van der Waals surface area contributed by atoms with Gasteiger partial charge in [-0.1, -0.05) is 13.3 Å². The summed E-state index contributed by atoms with van der Waals surface area (Å²) in [6.45, 7) is 4.05. The van der Waals surface area contributed by atoms with Gasteiger partial charge in [0.25, 0.3) is 0 Å². The van der Waals surface area contributed by atoms with Crippen molar-refractivity contribution in [2.75, 3.05) is 11.8 Å². The van der Waals surface area contributed by atoms with Crippen molar-refractivity contribution in [2.45, 2.75) is 32.8 Å². The van der Waals surface area contributed by atoms with Gasteiger partial charge in [-0.25, -0.2) is 4.98 Å². The van der Waals surface area contributed by atoms with Gasteiger partial charge in [-0.2, -0.15) is 9.50 Å².